The van der Waals surface area contributed by atoms with Gasteiger partial charge in [0.2, 0.25) is 0 Å². The third kappa shape index (κ3) is 2.83. The standard InChI is InChI=1S/C15H17N3S2/c1-15(2,3)13-8-19-14(18-13)7-16-10-4-5-11-12(6-10)20-9-17-11/h4-6,8-9,16H,7H2,1-3H3. The van der Waals surface area contributed by atoms with Crippen molar-refractivity contribution in [3.8, 4) is 0 Å². The van der Waals surface area contributed by atoms with Crippen molar-refractivity contribution in [1.82, 2.24) is 9.97 Å². The Bertz CT molecular complexity index is 722. The molecular weight excluding hydrogens is 286 g/mol. The quantitative estimate of drug-likeness (QED) is 0.764. The molecule has 0 aliphatic heterocycles. The second kappa shape index (κ2) is 5.14. The summed E-state index contributed by atoms with van der Waals surface area (Å²) in [6.45, 7) is 7.34. The van der Waals surface area contributed by atoms with Crippen LogP contribution < -0.4 is 5.32 Å². The first-order valence-electron chi connectivity index (χ1n) is 6.54. The predicted molar refractivity (Wildman–Crippen MR) is 87.8 cm³/mol. The van der Waals surface area contributed by atoms with Crippen LogP contribution in [0.2, 0.25) is 0 Å². The molecule has 0 radical (unpaired) electrons. The number of aromatic nitrogens is 2. The van der Waals surface area contributed by atoms with Crippen LogP contribution in [-0.4, -0.2) is 9.97 Å². The largest absolute Gasteiger partial charge is 0.378 e. The molecular formula is C15H17N3S2. The summed E-state index contributed by atoms with van der Waals surface area (Å²) >= 11 is 3.38. The van der Waals surface area contributed by atoms with Gasteiger partial charge in [-0.15, -0.1) is 22.7 Å². The van der Waals surface area contributed by atoms with Crippen molar-refractivity contribution in [3.05, 3.63) is 39.8 Å². The molecule has 2 heterocycles. The van der Waals surface area contributed by atoms with Gasteiger partial charge in [-0.25, -0.2) is 9.97 Å². The van der Waals surface area contributed by atoms with Crippen molar-refractivity contribution in [1.29, 1.82) is 0 Å². The molecule has 104 valence electrons. The van der Waals surface area contributed by atoms with E-state index in [0.29, 0.717) is 0 Å². The summed E-state index contributed by atoms with van der Waals surface area (Å²) in [5, 5.41) is 6.71. The highest BCUT2D eigenvalue weighted by Crippen LogP contribution is 2.25. The average molecular weight is 303 g/mol. The zero-order chi connectivity index (χ0) is 14.2. The minimum absolute atomic E-state index is 0.121. The van der Waals surface area contributed by atoms with Gasteiger partial charge >= 0.3 is 0 Å². The smallest absolute Gasteiger partial charge is 0.112 e. The maximum Gasteiger partial charge on any atom is 0.112 e. The number of thiazole rings is 2. The van der Waals surface area contributed by atoms with Gasteiger partial charge in [-0.3, -0.25) is 0 Å². The van der Waals surface area contributed by atoms with Crippen LogP contribution in [-0.2, 0) is 12.0 Å². The summed E-state index contributed by atoms with van der Waals surface area (Å²) in [4.78, 5) is 8.98. The molecule has 20 heavy (non-hydrogen) atoms. The summed E-state index contributed by atoms with van der Waals surface area (Å²) in [5.41, 5.74) is 5.34. The van der Waals surface area contributed by atoms with E-state index < -0.39 is 0 Å². The molecule has 1 aromatic carbocycles. The van der Waals surface area contributed by atoms with Gasteiger partial charge in [0.1, 0.15) is 5.01 Å². The van der Waals surface area contributed by atoms with Gasteiger partial charge in [-0.1, -0.05) is 20.8 Å². The maximum atomic E-state index is 4.70. The van der Waals surface area contributed by atoms with Crippen LogP contribution in [0, 0.1) is 0 Å². The summed E-state index contributed by atoms with van der Waals surface area (Å²) in [6.07, 6.45) is 0. The van der Waals surface area contributed by atoms with E-state index >= 15 is 0 Å². The number of rotatable bonds is 3. The predicted octanol–water partition coefficient (Wildman–Crippen LogP) is 4.66. The number of hydrogen-bond acceptors (Lipinski definition) is 5. The van der Waals surface area contributed by atoms with E-state index in [1.165, 1.54) is 4.70 Å². The summed E-state index contributed by atoms with van der Waals surface area (Å²) in [5.74, 6) is 0. The third-order valence-electron chi connectivity index (χ3n) is 3.10. The number of nitrogens with one attached hydrogen (secondary N) is 1. The zero-order valence-electron chi connectivity index (χ0n) is 11.8. The molecule has 0 fully saturated rings. The maximum absolute atomic E-state index is 4.70. The second-order valence-corrected chi connectivity index (χ2v) is 7.59. The van der Waals surface area contributed by atoms with Crippen LogP contribution in [0.3, 0.4) is 0 Å². The molecule has 5 heteroatoms. The Balaban J connectivity index is 1.71. The van der Waals surface area contributed by atoms with E-state index in [4.69, 9.17) is 4.98 Å². The van der Waals surface area contributed by atoms with Gasteiger partial charge in [0.05, 0.1) is 28.0 Å². The topological polar surface area (TPSA) is 37.8 Å². The molecule has 0 unspecified atom stereocenters. The Morgan fingerprint density at radius 2 is 2.05 bits per heavy atom. The van der Waals surface area contributed by atoms with Crippen LogP contribution in [0.5, 0.6) is 0 Å². The van der Waals surface area contributed by atoms with Crippen molar-refractivity contribution in [2.45, 2.75) is 32.7 Å². The molecule has 2 aromatic heterocycles. The molecule has 0 bridgehead atoms. The molecule has 0 saturated carbocycles. The number of anilines is 1. The van der Waals surface area contributed by atoms with Crippen LogP contribution >= 0.6 is 22.7 Å². The van der Waals surface area contributed by atoms with E-state index in [1.54, 1.807) is 22.7 Å². The zero-order valence-corrected chi connectivity index (χ0v) is 13.4. The molecule has 1 N–H and O–H groups in total. The summed E-state index contributed by atoms with van der Waals surface area (Å²) < 4.78 is 1.21. The normalized spacial score (nSPS) is 11.9. The fraction of sp³-hybridized carbons (Fsp3) is 0.333. The lowest BCUT2D eigenvalue weighted by atomic mass is 9.93. The average Bonchev–Trinajstić information content (AvgIpc) is 3.04. The van der Waals surface area contributed by atoms with Crippen LogP contribution in [0.15, 0.2) is 29.1 Å². The highest BCUT2D eigenvalue weighted by atomic mass is 32.1. The van der Waals surface area contributed by atoms with E-state index in [2.05, 4.69) is 54.7 Å². The minimum atomic E-state index is 0.121. The Morgan fingerprint density at radius 3 is 2.80 bits per heavy atom. The van der Waals surface area contributed by atoms with Gasteiger partial charge in [0, 0.05) is 16.5 Å². The first-order valence-corrected chi connectivity index (χ1v) is 8.30. The molecule has 0 amide bonds. The highest BCUT2D eigenvalue weighted by Gasteiger charge is 2.17. The van der Waals surface area contributed by atoms with Crippen LogP contribution in [0.25, 0.3) is 10.2 Å². The number of fused-ring (bicyclic) bond motifs is 1. The summed E-state index contributed by atoms with van der Waals surface area (Å²) in [7, 11) is 0. The van der Waals surface area contributed by atoms with E-state index in [0.717, 1.165) is 28.5 Å². The van der Waals surface area contributed by atoms with Gasteiger partial charge in [0.15, 0.2) is 0 Å². The van der Waals surface area contributed by atoms with Crippen LogP contribution in [0.1, 0.15) is 31.5 Å². The SMILES string of the molecule is CC(C)(C)c1csc(CNc2ccc3ncsc3c2)n1. The lowest BCUT2D eigenvalue weighted by Gasteiger charge is -2.14. The Hall–Kier alpha value is -1.46. The van der Waals surface area contributed by atoms with Gasteiger partial charge < -0.3 is 5.32 Å². The lowest BCUT2D eigenvalue weighted by molar-refractivity contribution is 0.571. The minimum Gasteiger partial charge on any atom is -0.378 e. The molecule has 0 aliphatic carbocycles. The molecule has 3 nitrogen and oxygen atoms in total. The Kier molecular flexibility index (Phi) is 3.48. The molecule has 0 spiro atoms. The van der Waals surface area contributed by atoms with Crippen molar-refractivity contribution in [2.24, 2.45) is 0 Å². The highest BCUT2D eigenvalue weighted by molar-refractivity contribution is 7.16. The summed E-state index contributed by atoms with van der Waals surface area (Å²) in [6, 6.07) is 6.27. The second-order valence-electron chi connectivity index (χ2n) is 5.76. The number of nitrogens with zero attached hydrogens (tertiary/aromatic N) is 2. The van der Waals surface area contributed by atoms with E-state index in [1.807, 2.05) is 5.51 Å². The van der Waals surface area contributed by atoms with Gasteiger partial charge in [-0.05, 0) is 18.2 Å². The van der Waals surface area contributed by atoms with Crippen molar-refractivity contribution < 1.29 is 0 Å². The third-order valence-corrected chi connectivity index (χ3v) is 4.74. The monoisotopic (exact) mass is 303 g/mol. The molecule has 0 saturated heterocycles. The molecule has 0 aliphatic rings. The molecule has 3 aromatic rings. The number of benzene rings is 1. The molecule has 3 rings (SSSR count). The Morgan fingerprint density at radius 1 is 1.20 bits per heavy atom. The van der Waals surface area contributed by atoms with E-state index in [-0.39, 0.29) is 5.41 Å². The van der Waals surface area contributed by atoms with Crippen molar-refractivity contribution in [2.75, 3.05) is 5.32 Å². The fourth-order valence-corrected chi connectivity index (χ4v) is 3.56. The van der Waals surface area contributed by atoms with Crippen LogP contribution in [0.4, 0.5) is 5.69 Å². The van der Waals surface area contributed by atoms with E-state index in [9.17, 15) is 0 Å². The molecule has 0 atom stereocenters. The fourth-order valence-electron chi connectivity index (χ4n) is 1.88. The first-order chi connectivity index (χ1) is 9.52. The lowest BCUT2D eigenvalue weighted by Crippen LogP contribution is -2.11. The first kappa shape index (κ1) is 13.5. The number of hydrogen-bond donors (Lipinski definition) is 1. The Labute approximate surface area is 126 Å². The van der Waals surface area contributed by atoms with Gasteiger partial charge in [0.25, 0.3) is 0 Å². The van der Waals surface area contributed by atoms with Crippen molar-refractivity contribution >= 4 is 38.6 Å². The van der Waals surface area contributed by atoms with Crippen molar-refractivity contribution in [3.63, 3.8) is 0 Å². The van der Waals surface area contributed by atoms with Gasteiger partial charge in [-0.2, -0.15) is 0 Å².